The third-order valence-electron chi connectivity index (χ3n) is 5.19. The van der Waals surface area contributed by atoms with Crippen molar-refractivity contribution in [2.45, 2.75) is 31.6 Å². The highest BCUT2D eigenvalue weighted by atomic mass is 32.2. The number of sulfonamides is 1. The van der Waals surface area contributed by atoms with Crippen LogP contribution < -0.4 is 9.62 Å². The molecule has 1 N–H and O–H groups in total. The minimum Gasteiger partial charge on any atom is -0.451 e. The van der Waals surface area contributed by atoms with Crippen molar-refractivity contribution < 1.29 is 22.0 Å². The lowest BCUT2D eigenvalue weighted by Gasteiger charge is -2.33. The molecular weight excluding hydrogens is 395 g/mol. The van der Waals surface area contributed by atoms with Gasteiger partial charge in [-0.3, -0.25) is 4.79 Å². The lowest BCUT2D eigenvalue weighted by atomic mass is 10.1. The minimum atomic E-state index is -4.10. The van der Waals surface area contributed by atoms with Crippen molar-refractivity contribution in [3.63, 3.8) is 0 Å². The van der Waals surface area contributed by atoms with E-state index in [9.17, 15) is 17.6 Å². The van der Waals surface area contributed by atoms with Crippen LogP contribution in [0.1, 0.15) is 35.0 Å². The van der Waals surface area contributed by atoms with E-state index in [-0.39, 0.29) is 21.6 Å². The van der Waals surface area contributed by atoms with Crippen LogP contribution >= 0.6 is 0 Å². The van der Waals surface area contributed by atoms with E-state index < -0.39 is 21.7 Å². The molecule has 6 nitrogen and oxygen atoms in total. The van der Waals surface area contributed by atoms with Gasteiger partial charge in [-0.25, -0.2) is 17.5 Å². The molecule has 2 heterocycles. The van der Waals surface area contributed by atoms with Gasteiger partial charge in [0, 0.05) is 30.9 Å². The second kappa shape index (κ2) is 7.18. The number of nitrogens with one attached hydrogen (secondary N) is 1. The molecule has 1 aliphatic heterocycles. The van der Waals surface area contributed by atoms with Crippen molar-refractivity contribution in [1.82, 2.24) is 4.72 Å². The predicted octanol–water partition coefficient (Wildman–Crippen LogP) is 3.77. The van der Waals surface area contributed by atoms with Crippen LogP contribution in [0.5, 0.6) is 0 Å². The van der Waals surface area contributed by atoms with Crippen molar-refractivity contribution in [3.05, 3.63) is 59.1 Å². The lowest BCUT2D eigenvalue weighted by molar-refractivity contribution is 0.0956. The Bertz CT molecular complexity index is 1210. The van der Waals surface area contributed by atoms with E-state index >= 15 is 0 Å². The van der Waals surface area contributed by atoms with Gasteiger partial charge in [-0.2, -0.15) is 0 Å². The molecule has 0 saturated carbocycles. The van der Waals surface area contributed by atoms with E-state index in [1.807, 2.05) is 22.6 Å². The summed E-state index contributed by atoms with van der Waals surface area (Å²) >= 11 is 0. The number of carbonyl (C=O) groups excluding carboxylic acids is 1. The molecule has 4 rings (SSSR count). The molecule has 1 aliphatic rings. The van der Waals surface area contributed by atoms with Gasteiger partial charge in [0.05, 0.1) is 10.3 Å². The van der Waals surface area contributed by atoms with Gasteiger partial charge >= 0.3 is 5.91 Å². The van der Waals surface area contributed by atoms with Crippen LogP contribution in [-0.4, -0.2) is 27.4 Å². The fraction of sp³-hybridized carbons (Fsp3) is 0.286. The predicted molar refractivity (Wildman–Crippen MR) is 108 cm³/mol. The second-order valence-electron chi connectivity index (χ2n) is 7.18. The number of benzene rings is 2. The molecule has 3 aromatic rings. The largest absolute Gasteiger partial charge is 0.451 e. The summed E-state index contributed by atoms with van der Waals surface area (Å²) in [5, 5.41) is 0.140. The van der Waals surface area contributed by atoms with Crippen LogP contribution in [0.15, 0.2) is 45.7 Å². The van der Waals surface area contributed by atoms with Gasteiger partial charge in [-0.15, -0.1) is 0 Å². The molecular formula is C21H21FN2O4S. The van der Waals surface area contributed by atoms with Crippen LogP contribution in [0.25, 0.3) is 11.0 Å². The van der Waals surface area contributed by atoms with E-state index in [1.54, 1.807) is 25.1 Å². The third-order valence-corrected chi connectivity index (χ3v) is 6.67. The summed E-state index contributed by atoms with van der Waals surface area (Å²) in [6, 6.07) is 9.37. The number of fused-ring (bicyclic) bond motifs is 1. The van der Waals surface area contributed by atoms with Crippen LogP contribution in [0.3, 0.4) is 0 Å². The Morgan fingerprint density at radius 2 is 1.97 bits per heavy atom. The Morgan fingerprint density at radius 1 is 1.21 bits per heavy atom. The van der Waals surface area contributed by atoms with E-state index in [0.29, 0.717) is 17.7 Å². The van der Waals surface area contributed by atoms with Gasteiger partial charge in [0.15, 0.2) is 5.76 Å². The highest BCUT2D eigenvalue weighted by molar-refractivity contribution is 7.90. The highest BCUT2D eigenvalue weighted by Gasteiger charge is 2.25. The first-order valence-corrected chi connectivity index (χ1v) is 10.9. The molecule has 0 atom stereocenters. The smallest absolute Gasteiger partial charge is 0.300 e. The molecule has 1 amide bonds. The zero-order chi connectivity index (χ0) is 20.8. The number of amides is 1. The van der Waals surface area contributed by atoms with Gasteiger partial charge in [0.1, 0.15) is 11.4 Å². The number of halogens is 1. The minimum absolute atomic E-state index is 0.0348. The highest BCUT2D eigenvalue weighted by Crippen LogP contribution is 2.30. The molecule has 0 aliphatic carbocycles. The summed E-state index contributed by atoms with van der Waals surface area (Å²) in [4.78, 5) is 14.6. The fourth-order valence-corrected chi connectivity index (χ4v) is 4.59. The van der Waals surface area contributed by atoms with E-state index in [1.165, 1.54) is 12.1 Å². The summed E-state index contributed by atoms with van der Waals surface area (Å²) in [6.45, 7) is 5.25. The summed E-state index contributed by atoms with van der Waals surface area (Å²) < 4.78 is 47.4. The van der Waals surface area contributed by atoms with Gasteiger partial charge in [-0.05, 0) is 43.0 Å². The van der Waals surface area contributed by atoms with Crippen LogP contribution in [0.4, 0.5) is 10.1 Å². The van der Waals surface area contributed by atoms with Crippen LogP contribution in [0, 0.1) is 12.7 Å². The van der Waals surface area contributed by atoms with E-state index in [0.717, 1.165) is 25.1 Å². The van der Waals surface area contributed by atoms with Crippen molar-refractivity contribution in [2.24, 2.45) is 0 Å². The molecule has 1 saturated heterocycles. The average molecular weight is 416 g/mol. The van der Waals surface area contributed by atoms with E-state index in [4.69, 9.17) is 4.42 Å². The summed E-state index contributed by atoms with van der Waals surface area (Å²) in [5.74, 6) is -1.71. The molecule has 8 heteroatoms. The number of furan rings is 1. The Balaban J connectivity index is 1.64. The number of hydrogen-bond acceptors (Lipinski definition) is 5. The maximum absolute atomic E-state index is 14.4. The number of nitrogens with zero attached hydrogens (tertiary/aromatic N) is 1. The Morgan fingerprint density at radius 3 is 2.62 bits per heavy atom. The lowest BCUT2D eigenvalue weighted by Crippen LogP contribution is -2.36. The van der Waals surface area contributed by atoms with Crippen LogP contribution in [-0.2, 0) is 16.4 Å². The van der Waals surface area contributed by atoms with Gasteiger partial charge in [-0.1, -0.05) is 19.1 Å². The second-order valence-corrected chi connectivity index (χ2v) is 8.83. The van der Waals surface area contributed by atoms with E-state index in [2.05, 4.69) is 0 Å². The first kappa shape index (κ1) is 19.4. The topological polar surface area (TPSA) is 79.6 Å². The zero-order valence-electron chi connectivity index (χ0n) is 16.2. The summed E-state index contributed by atoms with van der Waals surface area (Å²) in [5.41, 5.74) is 2.26. The molecule has 0 radical (unpaired) electrons. The van der Waals surface area contributed by atoms with Crippen molar-refractivity contribution in [3.8, 4) is 0 Å². The third kappa shape index (κ3) is 3.60. The summed E-state index contributed by atoms with van der Waals surface area (Å²) in [6.07, 6.45) is 1.71. The SMILES string of the molecule is CCc1ccc(C)c(S(=O)(=O)NC(=O)c2cc3c(F)cc(N4CCC4)cc3o2)c1. The molecule has 0 unspecified atom stereocenters. The number of aryl methyl sites for hydroxylation is 2. The Labute approximate surface area is 168 Å². The van der Waals surface area contributed by atoms with Gasteiger partial charge < -0.3 is 9.32 Å². The molecule has 1 aromatic heterocycles. The zero-order valence-corrected chi connectivity index (χ0v) is 17.0. The molecule has 29 heavy (non-hydrogen) atoms. The molecule has 0 bridgehead atoms. The Hall–Kier alpha value is -2.87. The van der Waals surface area contributed by atoms with Gasteiger partial charge in [0.25, 0.3) is 10.0 Å². The first-order chi connectivity index (χ1) is 13.8. The molecule has 1 fully saturated rings. The normalized spacial score (nSPS) is 14.1. The van der Waals surface area contributed by atoms with Gasteiger partial charge in [0.2, 0.25) is 0 Å². The number of anilines is 1. The van der Waals surface area contributed by atoms with Crippen molar-refractivity contribution in [1.29, 1.82) is 0 Å². The molecule has 2 aromatic carbocycles. The number of carbonyl (C=O) groups is 1. The quantitative estimate of drug-likeness (QED) is 0.685. The fourth-order valence-electron chi connectivity index (χ4n) is 3.33. The van der Waals surface area contributed by atoms with Crippen molar-refractivity contribution in [2.75, 3.05) is 18.0 Å². The van der Waals surface area contributed by atoms with Crippen LogP contribution in [0.2, 0.25) is 0 Å². The van der Waals surface area contributed by atoms with Crippen molar-refractivity contribution >= 4 is 32.6 Å². The Kier molecular flexibility index (Phi) is 4.82. The first-order valence-electron chi connectivity index (χ1n) is 9.43. The number of rotatable bonds is 5. The average Bonchev–Trinajstić information content (AvgIpc) is 3.05. The maximum atomic E-state index is 14.4. The monoisotopic (exact) mass is 416 g/mol. The maximum Gasteiger partial charge on any atom is 0.300 e. The number of hydrogen-bond donors (Lipinski definition) is 1. The summed E-state index contributed by atoms with van der Waals surface area (Å²) in [7, 11) is -4.10. The molecule has 0 spiro atoms. The molecule has 152 valence electrons. The standard InChI is InChI=1S/C21H21FN2O4S/c1-3-14-6-5-13(2)20(9-14)29(26,27)23-21(25)19-12-16-17(22)10-15(11-18(16)28-19)24-7-4-8-24/h5-6,9-12H,3-4,7-8H2,1-2H3,(H,23,25).